The van der Waals surface area contributed by atoms with Crippen LogP contribution in [0.1, 0.15) is 12.8 Å². The van der Waals surface area contributed by atoms with Crippen LogP contribution in [-0.2, 0) is 4.74 Å². The summed E-state index contributed by atoms with van der Waals surface area (Å²) in [5.74, 6) is 1.15. The van der Waals surface area contributed by atoms with Crippen LogP contribution in [0.3, 0.4) is 0 Å². The third kappa shape index (κ3) is 4.31. The molecule has 3 nitrogen and oxygen atoms in total. The summed E-state index contributed by atoms with van der Waals surface area (Å²) >= 11 is 1.86. The molecule has 0 aliphatic carbocycles. The van der Waals surface area contributed by atoms with Crippen molar-refractivity contribution < 1.29 is 9.84 Å². The first-order valence-corrected chi connectivity index (χ1v) is 6.98. The average molecular weight is 233 g/mol. The predicted molar refractivity (Wildman–Crippen MR) is 65.5 cm³/mol. The molecule has 1 N–H and O–H groups in total. The molecule has 0 radical (unpaired) electrons. The largest absolute Gasteiger partial charge is 0.396 e. The smallest absolute Gasteiger partial charge is 0.0556 e. The quantitative estimate of drug-likeness (QED) is 0.744. The van der Waals surface area contributed by atoms with Gasteiger partial charge in [-0.05, 0) is 26.1 Å². The van der Waals surface area contributed by atoms with Crippen LogP contribution in [-0.4, -0.2) is 62.0 Å². The van der Waals surface area contributed by atoms with Crippen molar-refractivity contribution in [3.05, 3.63) is 0 Å². The highest BCUT2D eigenvalue weighted by Crippen LogP contribution is 2.28. The maximum atomic E-state index is 9.50. The third-order valence-electron chi connectivity index (χ3n) is 3.02. The van der Waals surface area contributed by atoms with Crippen LogP contribution in [0, 0.1) is 5.41 Å². The van der Waals surface area contributed by atoms with E-state index in [1.54, 1.807) is 0 Å². The number of rotatable bonds is 6. The molecule has 0 amide bonds. The molecular formula is C11H23NO2S. The lowest BCUT2D eigenvalue weighted by Gasteiger charge is -2.38. The van der Waals surface area contributed by atoms with E-state index in [4.69, 9.17) is 4.74 Å². The van der Waals surface area contributed by atoms with Crippen LogP contribution in [0.5, 0.6) is 0 Å². The first-order chi connectivity index (χ1) is 7.22. The molecule has 15 heavy (non-hydrogen) atoms. The Bertz CT molecular complexity index is 172. The normalized spacial score (nSPS) is 27.2. The first-order valence-electron chi connectivity index (χ1n) is 5.58. The van der Waals surface area contributed by atoms with Crippen LogP contribution in [0.4, 0.5) is 0 Å². The summed E-state index contributed by atoms with van der Waals surface area (Å²) in [7, 11) is 2.13. The zero-order chi connectivity index (χ0) is 11.1. The van der Waals surface area contributed by atoms with Crippen molar-refractivity contribution in [2.24, 2.45) is 5.41 Å². The maximum absolute atomic E-state index is 9.50. The van der Waals surface area contributed by atoms with Gasteiger partial charge in [0.15, 0.2) is 0 Å². The molecular weight excluding hydrogens is 210 g/mol. The van der Waals surface area contributed by atoms with Gasteiger partial charge in [0.1, 0.15) is 0 Å². The Hall–Kier alpha value is 0.230. The molecule has 1 rings (SSSR count). The van der Waals surface area contributed by atoms with E-state index in [2.05, 4.69) is 18.2 Å². The monoisotopic (exact) mass is 233 g/mol. The van der Waals surface area contributed by atoms with Crippen molar-refractivity contribution in [2.75, 3.05) is 52.0 Å². The minimum Gasteiger partial charge on any atom is -0.396 e. The molecule has 0 aromatic heterocycles. The zero-order valence-electron chi connectivity index (χ0n) is 9.87. The van der Waals surface area contributed by atoms with Gasteiger partial charge in [-0.2, -0.15) is 11.8 Å². The summed E-state index contributed by atoms with van der Waals surface area (Å²) in [5.41, 5.74) is -0.00852. The standard InChI is InChI=1S/C11H23NO2S/c1-12(5-7-15-2)8-11(9-13)4-3-6-14-10-11/h13H,3-10H2,1-2H3. The lowest BCUT2D eigenvalue weighted by atomic mass is 9.83. The van der Waals surface area contributed by atoms with Gasteiger partial charge in [-0.3, -0.25) is 0 Å². The number of aliphatic hydroxyl groups excluding tert-OH is 1. The Morgan fingerprint density at radius 2 is 2.33 bits per heavy atom. The highest BCUT2D eigenvalue weighted by molar-refractivity contribution is 7.98. The van der Waals surface area contributed by atoms with Gasteiger partial charge in [-0.1, -0.05) is 0 Å². The van der Waals surface area contributed by atoms with Crippen LogP contribution < -0.4 is 0 Å². The van der Waals surface area contributed by atoms with E-state index in [1.807, 2.05) is 11.8 Å². The number of nitrogens with zero attached hydrogens (tertiary/aromatic N) is 1. The molecule has 4 heteroatoms. The van der Waals surface area contributed by atoms with Crippen LogP contribution >= 0.6 is 11.8 Å². The zero-order valence-corrected chi connectivity index (χ0v) is 10.7. The molecule has 1 heterocycles. The molecule has 1 aliphatic rings. The summed E-state index contributed by atoms with van der Waals surface area (Å²) in [5, 5.41) is 9.50. The van der Waals surface area contributed by atoms with Gasteiger partial charge < -0.3 is 14.7 Å². The fourth-order valence-electron chi connectivity index (χ4n) is 2.11. The second kappa shape index (κ2) is 6.74. The summed E-state index contributed by atoms with van der Waals surface area (Å²) < 4.78 is 5.49. The van der Waals surface area contributed by atoms with Crippen molar-refractivity contribution in [3.63, 3.8) is 0 Å². The lowest BCUT2D eigenvalue weighted by Crippen LogP contribution is -2.44. The van der Waals surface area contributed by atoms with Gasteiger partial charge in [0.05, 0.1) is 13.2 Å². The summed E-state index contributed by atoms with van der Waals surface area (Å²) in [6, 6.07) is 0. The minimum absolute atomic E-state index is 0.00852. The van der Waals surface area contributed by atoms with E-state index in [1.165, 1.54) is 0 Å². The Balaban J connectivity index is 2.37. The van der Waals surface area contributed by atoms with E-state index in [0.717, 1.165) is 38.3 Å². The van der Waals surface area contributed by atoms with E-state index >= 15 is 0 Å². The molecule has 0 bridgehead atoms. The predicted octanol–water partition coefficient (Wildman–Crippen LogP) is 1.07. The summed E-state index contributed by atoms with van der Waals surface area (Å²) in [6.07, 6.45) is 4.30. The first kappa shape index (κ1) is 13.3. The second-order valence-electron chi connectivity index (χ2n) is 4.54. The summed E-state index contributed by atoms with van der Waals surface area (Å²) in [4.78, 5) is 2.31. The van der Waals surface area contributed by atoms with Gasteiger partial charge in [0.25, 0.3) is 0 Å². The third-order valence-corrected chi connectivity index (χ3v) is 3.61. The highest BCUT2D eigenvalue weighted by atomic mass is 32.2. The van der Waals surface area contributed by atoms with Crippen LogP contribution in [0.2, 0.25) is 0 Å². The van der Waals surface area contributed by atoms with Crippen LogP contribution in [0.25, 0.3) is 0 Å². The number of ether oxygens (including phenoxy) is 1. The lowest BCUT2D eigenvalue weighted by molar-refractivity contribution is -0.0515. The number of thioether (sulfide) groups is 1. The average Bonchev–Trinajstić information content (AvgIpc) is 2.27. The second-order valence-corrected chi connectivity index (χ2v) is 5.53. The van der Waals surface area contributed by atoms with E-state index < -0.39 is 0 Å². The van der Waals surface area contributed by atoms with Crippen molar-refractivity contribution in [3.8, 4) is 0 Å². The Morgan fingerprint density at radius 3 is 2.87 bits per heavy atom. The molecule has 0 spiro atoms. The highest BCUT2D eigenvalue weighted by Gasteiger charge is 2.33. The van der Waals surface area contributed by atoms with Gasteiger partial charge in [-0.25, -0.2) is 0 Å². The van der Waals surface area contributed by atoms with Crippen LogP contribution in [0.15, 0.2) is 0 Å². The number of aliphatic hydroxyl groups is 1. The maximum Gasteiger partial charge on any atom is 0.0556 e. The fourth-order valence-corrected chi connectivity index (χ4v) is 2.60. The molecule has 0 saturated carbocycles. The van der Waals surface area contributed by atoms with Crippen molar-refractivity contribution in [1.29, 1.82) is 0 Å². The SMILES string of the molecule is CSCCN(C)CC1(CO)CCCOC1. The van der Waals surface area contributed by atoms with Crippen molar-refractivity contribution in [2.45, 2.75) is 12.8 Å². The van der Waals surface area contributed by atoms with Crippen molar-refractivity contribution >= 4 is 11.8 Å². The van der Waals surface area contributed by atoms with E-state index in [-0.39, 0.29) is 12.0 Å². The number of hydrogen-bond donors (Lipinski definition) is 1. The molecule has 1 saturated heterocycles. The fraction of sp³-hybridized carbons (Fsp3) is 1.00. The Labute approximate surface area is 97.2 Å². The summed E-state index contributed by atoms with van der Waals surface area (Å²) in [6.45, 7) is 3.85. The van der Waals surface area contributed by atoms with Crippen molar-refractivity contribution in [1.82, 2.24) is 4.90 Å². The molecule has 1 atom stereocenters. The molecule has 1 fully saturated rings. The van der Waals surface area contributed by atoms with Gasteiger partial charge in [-0.15, -0.1) is 0 Å². The minimum atomic E-state index is -0.00852. The molecule has 90 valence electrons. The Morgan fingerprint density at radius 1 is 1.53 bits per heavy atom. The van der Waals surface area contributed by atoms with Gasteiger partial charge >= 0.3 is 0 Å². The van der Waals surface area contributed by atoms with E-state index in [9.17, 15) is 5.11 Å². The number of hydrogen-bond acceptors (Lipinski definition) is 4. The van der Waals surface area contributed by atoms with E-state index in [0.29, 0.717) is 6.61 Å². The molecule has 0 aromatic rings. The molecule has 1 aliphatic heterocycles. The van der Waals surface area contributed by atoms with Gasteiger partial charge in [0, 0.05) is 30.9 Å². The topological polar surface area (TPSA) is 32.7 Å². The Kier molecular flexibility index (Phi) is 5.97. The molecule has 1 unspecified atom stereocenters. The van der Waals surface area contributed by atoms with Gasteiger partial charge in [0.2, 0.25) is 0 Å². The molecule has 0 aromatic carbocycles.